The lowest BCUT2D eigenvalue weighted by Crippen LogP contribution is -2.23. The summed E-state index contributed by atoms with van der Waals surface area (Å²) in [6, 6.07) is 9.86. The highest BCUT2D eigenvalue weighted by atomic mass is 15.6. The molecule has 2 aromatic rings. The minimum atomic E-state index is 0.672. The minimum Gasteiger partial charge on any atom is -0.349 e. The summed E-state index contributed by atoms with van der Waals surface area (Å²) in [6.07, 6.45) is 3.28. The van der Waals surface area contributed by atoms with Crippen LogP contribution in [0.1, 0.15) is 6.42 Å². The van der Waals surface area contributed by atoms with Crippen molar-refractivity contribution in [3.63, 3.8) is 0 Å². The molecular weight excluding hydrogens is 240 g/mol. The average Bonchev–Trinajstić information content (AvgIpc) is 2.95. The van der Waals surface area contributed by atoms with E-state index in [1.165, 1.54) is 5.57 Å². The van der Waals surface area contributed by atoms with Crippen molar-refractivity contribution in [3.05, 3.63) is 42.0 Å². The Morgan fingerprint density at radius 3 is 2.95 bits per heavy atom. The van der Waals surface area contributed by atoms with Gasteiger partial charge in [-0.3, -0.25) is 0 Å². The molecule has 0 saturated carbocycles. The smallest absolute Gasteiger partial charge is 0.248 e. The molecule has 0 unspecified atom stereocenters. The van der Waals surface area contributed by atoms with Crippen LogP contribution in [-0.2, 0) is 0 Å². The fourth-order valence-electron chi connectivity index (χ4n) is 2.06. The van der Waals surface area contributed by atoms with Crippen LogP contribution in [0.15, 0.2) is 42.0 Å². The van der Waals surface area contributed by atoms with E-state index in [0.29, 0.717) is 5.95 Å². The van der Waals surface area contributed by atoms with E-state index in [2.05, 4.69) is 32.2 Å². The summed E-state index contributed by atoms with van der Waals surface area (Å²) in [5.74, 6) is 0.672. The zero-order valence-corrected chi connectivity index (χ0v) is 10.6. The summed E-state index contributed by atoms with van der Waals surface area (Å²) in [7, 11) is 0. The highest BCUT2D eigenvalue weighted by molar-refractivity contribution is 5.39. The number of hydrogen-bond donors (Lipinski definition) is 2. The lowest BCUT2D eigenvalue weighted by Gasteiger charge is -2.14. The normalized spacial score (nSPS) is 15.1. The Labute approximate surface area is 111 Å². The minimum absolute atomic E-state index is 0.672. The van der Waals surface area contributed by atoms with Gasteiger partial charge in [0.1, 0.15) is 0 Å². The topological polar surface area (TPSA) is 67.7 Å². The third kappa shape index (κ3) is 2.79. The van der Waals surface area contributed by atoms with E-state index in [-0.39, 0.29) is 0 Å². The molecule has 3 rings (SSSR count). The molecular formula is C13H16N6. The Kier molecular flexibility index (Phi) is 3.51. The predicted molar refractivity (Wildman–Crippen MR) is 73.2 cm³/mol. The van der Waals surface area contributed by atoms with E-state index in [0.717, 1.165) is 31.7 Å². The monoisotopic (exact) mass is 256 g/mol. The summed E-state index contributed by atoms with van der Waals surface area (Å²) < 4.78 is 1.71. The molecule has 2 heterocycles. The molecule has 0 bridgehead atoms. The first-order valence-corrected chi connectivity index (χ1v) is 6.40. The molecule has 0 spiro atoms. The number of nitrogens with zero attached hydrogens (tertiary/aromatic N) is 4. The largest absolute Gasteiger partial charge is 0.349 e. The highest BCUT2D eigenvalue weighted by Crippen LogP contribution is 2.12. The van der Waals surface area contributed by atoms with E-state index < -0.39 is 0 Å². The van der Waals surface area contributed by atoms with Crippen molar-refractivity contribution in [2.75, 3.05) is 25.0 Å². The van der Waals surface area contributed by atoms with Crippen LogP contribution in [-0.4, -0.2) is 39.8 Å². The first-order chi connectivity index (χ1) is 9.43. The second kappa shape index (κ2) is 5.62. The lowest BCUT2D eigenvalue weighted by molar-refractivity contribution is 0.697. The van der Waals surface area contributed by atoms with Gasteiger partial charge in [0.2, 0.25) is 5.95 Å². The first kappa shape index (κ1) is 11.9. The van der Waals surface area contributed by atoms with Gasteiger partial charge in [0.15, 0.2) is 0 Å². The molecule has 0 atom stereocenters. The van der Waals surface area contributed by atoms with E-state index in [1.54, 1.807) is 4.68 Å². The van der Waals surface area contributed by atoms with Crippen molar-refractivity contribution >= 4 is 5.95 Å². The molecule has 19 heavy (non-hydrogen) atoms. The lowest BCUT2D eigenvalue weighted by atomic mass is 10.1. The maximum atomic E-state index is 4.02. The molecule has 0 fully saturated rings. The molecule has 1 aromatic heterocycles. The highest BCUT2D eigenvalue weighted by Gasteiger charge is 2.08. The van der Waals surface area contributed by atoms with Crippen LogP contribution in [0.4, 0.5) is 5.95 Å². The second-order valence-electron chi connectivity index (χ2n) is 4.42. The third-order valence-corrected chi connectivity index (χ3v) is 3.10. The number of nitrogens with one attached hydrogen (secondary N) is 2. The first-order valence-electron chi connectivity index (χ1n) is 6.40. The molecule has 1 aliphatic heterocycles. The van der Waals surface area contributed by atoms with Gasteiger partial charge in [-0.15, -0.1) is 0 Å². The molecule has 6 heteroatoms. The number of rotatable bonds is 4. The van der Waals surface area contributed by atoms with E-state index in [1.807, 2.05) is 30.3 Å². The molecule has 6 nitrogen and oxygen atoms in total. The van der Waals surface area contributed by atoms with Gasteiger partial charge in [0, 0.05) is 13.1 Å². The summed E-state index contributed by atoms with van der Waals surface area (Å²) >= 11 is 0. The van der Waals surface area contributed by atoms with E-state index >= 15 is 0 Å². The van der Waals surface area contributed by atoms with Gasteiger partial charge in [-0.05, 0) is 35.5 Å². The van der Waals surface area contributed by atoms with Crippen LogP contribution in [0.2, 0.25) is 0 Å². The summed E-state index contributed by atoms with van der Waals surface area (Å²) in [5, 5.41) is 18.4. The zero-order chi connectivity index (χ0) is 12.9. The molecule has 0 aliphatic carbocycles. The van der Waals surface area contributed by atoms with Crippen LogP contribution in [0.3, 0.4) is 0 Å². The SMILES string of the molecule is C1=C(CNc2nnnn2-c2ccccc2)CCNC1. The van der Waals surface area contributed by atoms with Crippen LogP contribution < -0.4 is 10.6 Å². The maximum absolute atomic E-state index is 4.02. The Bertz CT molecular complexity index is 560. The third-order valence-electron chi connectivity index (χ3n) is 3.10. The second-order valence-corrected chi connectivity index (χ2v) is 4.42. The predicted octanol–water partition coefficient (Wildman–Crippen LogP) is 0.994. The van der Waals surface area contributed by atoms with Crippen molar-refractivity contribution in [2.45, 2.75) is 6.42 Å². The van der Waals surface area contributed by atoms with Gasteiger partial charge in [0.25, 0.3) is 0 Å². The number of hydrogen-bond acceptors (Lipinski definition) is 5. The maximum Gasteiger partial charge on any atom is 0.248 e. The quantitative estimate of drug-likeness (QED) is 0.799. The summed E-state index contributed by atoms with van der Waals surface area (Å²) in [4.78, 5) is 0. The Balaban J connectivity index is 1.72. The van der Waals surface area contributed by atoms with Crippen molar-refractivity contribution in [1.82, 2.24) is 25.5 Å². The van der Waals surface area contributed by atoms with Crippen molar-refractivity contribution in [2.24, 2.45) is 0 Å². The molecule has 1 aromatic carbocycles. The van der Waals surface area contributed by atoms with Crippen LogP contribution >= 0.6 is 0 Å². The average molecular weight is 256 g/mol. The van der Waals surface area contributed by atoms with Gasteiger partial charge < -0.3 is 10.6 Å². The number of aromatic nitrogens is 4. The van der Waals surface area contributed by atoms with E-state index in [4.69, 9.17) is 0 Å². The fraction of sp³-hybridized carbons (Fsp3) is 0.308. The van der Waals surface area contributed by atoms with Gasteiger partial charge in [-0.2, -0.15) is 4.68 Å². The van der Waals surface area contributed by atoms with Gasteiger partial charge in [-0.1, -0.05) is 34.9 Å². The van der Waals surface area contributed by atoms with Crippen molar-refractivity contribution in [1.29, 1.82) is 0 Å². The van der Waals surface area contributed by atoms with Crippen LogP contribution in [0, 0.1) is 0 Å². The Morgan fingerprint density at radius 2 is 2.16 bits per heavy atom. The Morgan fingerprint density at radius 1 is 1.26 bits per heavy atom. The zero-order valence-electron chi connectivity index (χ0n) is 10.6. The van der Waals surface area contributed by atoms with Crippen molar-refractivity contribution < 1.29 is 0 Å². The molecule has 2 N–H and O–H groups in total. The van der Waals surface area contributed by atoms with Crippen LogP contribution in [0.5, 0.6) is 0 Å². The number of para-hydroxylation sites is 1. The standard InChI is InChI=1S/C13H16N6/c1-2-4-12(5-3-1)19-13(16-17-18-19)15-10-11-6-8-14-9-7-11/h1-6,14H,7-10H2,(H,15,16,18). The summed E-state index contributed by atoms with van der Waals surface area (Å²) in [5.41, 5.74) is 2.34. The molecule has 0 amide bonds. The van der Waals surface area contributed by atoms with Crippen molar-refractivity contribution in [3.8, 4) is 5.69 Å². The van der Waals surface area contributed by atoms with Crippen LogP contribution in [0.25, 0.3) is 5.69 Å². The van der Waals surface area contributed by atoms with E-state index in [9.17, 15) is 0 Å². The number of benzene rings is 1. The van der Waals surface area contributed by atoms with Gasteiger partial charge >= 0.3 is 0 Å². The Hall–Kier alpha value is -2.21. The van der Waals surface area contributed by atoms with Gasteiger partial charge in [0.05, 0.1) is 5.69 Å². The number of anilines is 1. The molecule has 98 valence electrons. The number of tetrazole rings is 1. The van der Waals surface area contributed by atoms with Gasteiger partial charge in [-0.25, -0.2) is 0 Å². The molecule has 1 aliphatic rings. The summed E-state index contributed by atoms with van der Waals surface area (Å²) in [6.45, 7) is 2.77. The molecule has 0 radical (unpaired) electrons. The molecule has 0 saturated heterocycles. The fourth-order valence-corrected chi connectivity index (χ4v) is 2.06.